The minimum absolute atomic E-state index is 0.147. The van der Waals surface area contributed by atoms with E-state index in [2.05, 4.69) is 5.32 Å². The molecule has 0 heterocycles. The van der Waals surface area contributed by atoms with Crippen LogP contribution in [0.5, 0.6) is 0 Å². The van der Waals surface area contributed by atoms with Gasteiger partial charge in [0, 0.05) is 26.7 Å². The van der Waals surface area contributed by atoms with Crippen LogP contribution in [0, 0.1) is 10.1 Å². The van der Waals surface area contributed by atoms with Gasteiger partial charge in [-0.25, -0.2) is 17.5 Å². The van der Waals surface area contributed by atoms with Gasteiger partial charge >= 0.3 is 5.97 Å². The van der Waals surface area contributed by atoms with Crippen LogP contribution in [0.2, 0.25) is 0 Å². The van der Waals surface area contributed by atoms with Gasteiger partial charge in [0.1, 0.15) is 5.69 Å². The van der Waals surface area contributed by atoms with Crippen LogP contribution in [0.4, 0.5) is 11.4 Å². The lowest BCUT2D eigenvalue weighted by atomic mass is 10.1. The number of anilines is 1. The van der Waals surface area contributed by atoms with Crippen molar-refractivity contribution < 1.29 is 23.2 Å². The van der Waals surface area contributed by atoms with Crippen molar-refractivity contribution in [2.75, 3.05) is 31.7 Å². The molecule has 0 saturated heterocycles. The van der Waals surface area contributed by atoms with Crippen molar-refractivity contribution in [3.63, 3.8) is 0 Å². The number of nitro benzene ring substituents is 1. The Bertz CT molecular complexity index is 624. The fraction of sp³-hybridized carbons (Fsp3) is 0.364. The molecule has 1 aromatic rings. The molecule has 21 heavy (non-hydrogen) atoms. The molecule has 0 bridgehead atoms. The summed E-state index contributed by atoms with van der Waals surface area (Å²) < 4.78 is 24.2. The third-order valence-corrected chi connectivity index (χ3v) is 4.52. The zero-order valence-corrected chi connectivity index (χ0v) is 12.3. The Balaban J connectivity index is 3.02. The number of nitro groups is 1. The summed E-state index contributed by atoms with van der Waals surface area (Å²) in [6, 6.07) is 3.61. The van der Waals surface area contributed by atoms with E-state index in [0.717, 1.165) is 10.4 Å². The van der Waals surface area contributed by atoms with Gasteiger partial charge in [0.15, 0.2) is 0 Å². The number of nitrogens with zero attached hydrogens (tertiary/aromatic N) is 2. The van der Waals surface area contributed by atoms with Crippen LogP contribution in [-0.4, -0.2) is 55.1 Å². The summed E-state index contributed by atoms with van der Waals surface area (Å²) in [4.78, 5) is 21.3. The first kappa shape index (κ1) is 16.9. The first-order chi connectivity index (χ1) is 9.66. The van der Waals surface area contributed by atoms with Gasteiger partial charge in [-0.05, 0) is 6.07 Å². The monoisotopic (exact) mass is 317 g/mol. The van der Waals surface area contributed by atoms with Crippen molar-refractivity contribution >= 4 is 27.4 Å². The normalized spacial score (nSPS) is 11.4. The molecule has 1 aromatic carbocycles. The number of carboxylic acids is 1. The summed E-state index contributed by atoms with van der Waals surface area (Å²) in [7, 11) is -0.753. The molecule has 0 aliphatic heterocycles. The zero-order valence-electron chi connectivity index (χ0n) is 11.4. The fourth-order valence-electron chi connectivity index (χ4n) is 1.54. The minimum atomic E-state index is -3.48. The lowest BCUT2D eigenvalue weighted by Gasteiger charge is -2.13. The van der Waals surface area contributed by atoms with Crippen LogP contribution in [0.3, 0.4) is 0 Å². The molecule has 0 amide bonds. The SMILES string of the molecule is CN(C)S(=O)(=O)CCNc1c(C(=O)O)cccc1[N+](=O)[O-]. The van der Waals surface area contributed by atoms with Gasteiger partial charge in [-0.3, -0.25) is 10.1 Å². The first-order valence-electron chi connectivity index (χ1n) is 5.81. The van der Waals surface area contributed by atoms with Crippen molar-refractivity contribution in [3.05, 3.63) is 33.9 Å². The minimum Gasteiger partial charge on any atom is -0.478 e. The summed E-state index contributed by atoms with van der Waals surface area (Å²) in [5.41, 5.74) is -0.910. The summed E-state index contributed by atoms with van der Waals surface area (Å²) >= 11 is 0. The van der Waals surface area contributed by atoms with E-state index in [4.69, 9.17) is 5.11 Å². The average molecular weight is 317 g/mol. The van der Waals surface area contributed by atoms with Gasteiger partial charge in [-0.1, -0.05) is 6.07 Å². The van der Waals surface area contributed by atoms with E-state index in [-0.39, 0.29) is 23.5 Å². The van der Waals surface area contributed by atoms with Crippen molar-refractivity contribution in [1.29, 1.82) is 0 Å². The van der Waals surface area contributed by atoms with E-state index in [1.54, 1.807) is 0 Å². The third kappa shape index (κ3) is 4.13. The Morgan fingerprint density at radius 3 is 2.52 bits per heavy atom. The van der Waals surface area contributed by atoms with Crippen molar-refractivity contribution in [3.8, 4) is 0 Å². The second kappa shape index (κ2) is 6.50. The van der Waals surface area contributed by atoms with Crippen LogP contribution < -0.4 is 5.32 Å². The molecule has 0 atom stereocenters. The third-order valence-electron chi connectivity index (χ3n) is 2.69. The summed E-state index contributed by atoms with van der Waals surface area (Å²) in [5.74, 6) is -1.65. The number of benzene rings is 1. The largest absolute Gasteiger partial charge is 0.478 e. The molecular formula is C11H15N3O6S. The van der Waals surface area contributed by atoms with Crippen molar-refractivity contribution in [2.45, 2.75) is 0 Å². The molecule has 0 radical (unpaired) electrons. The second-order valence-electron chi connectivity index (χ2n) is 4.29. The highest BCUT2D eigenvalue weighted by molar-refractivity contribution is 7.89. The fourth-order valence-corrected chi connectivity index (χ4v) is 2.27. The molecule has 2 N–H and O–H groups in total. The number of para-hydroxylation sites is 1. The molecule has 0 saturated carbocycles. The van der Waals surface area contributed by atoms with E-state index >= 15 is 0 Å². The summed E-state index contributed by atoms with van der Waals surface area (Å²) in [5, 5.41) is 22.5. The summed E-state index contributed by atoms with van der Waals surface area (Å²) in [6.07, 6.45) is 0. The maximum Gasteiger partial charge on any atom is 0.338 e. The average Bonchev–Trinajstić information content (AvgIpc) is 2.37. The first-order valence-corrected chi connectivity index (χ1v) is 7.42. The number of carbonyl (C=O) groups is 1. The number of hydrogen-bond donors (Lipinski definition) is 2. The molecule has 10 heteroatoms. The van der Waals surface area contributed by atoms with Crippen molar-refractivity contribution in [2.24, 2.45) is 0 Å². The quantitative estimate of drug-likeness (QED) is 0.556. The number of hydrogen-bond acceptors (Lipinski definition) is 6. The number of sulfonamides is 1. The van der Waals surface area contributed by atoms with Gasteiger partial charge in [0.25, 0.3) is 5.69 Å². The standard InChI is InChI=1S/C11H15N3O6S/c1-13(2)21(19,20)7-6-12-10-8(11(15)16)4-3-5-9(10)14(17)18/h3-5,12H,6-7H2,1-2H3,(H,15,16). The zero-order chi connectivity index (χ0) is 16.2. The number of nitrogens with one attached hydrogen (secondary N) is 1. The lowest BCUT2D eigenvalue weighted by molar-refractivity contribution is -0.384. The molecule has 0 spiro atoms. The van der Waals surface area contributed by atoms with Crippen LogP contribution in [0.25, 0.3) is 0 Å². The Morgan fingerprint density at radius 1 is 1.43 bits per heavy atom. The molecule has 0 aliphatic rings. The maximum absolute atomic E-state index is 11.6. The number of carboxylic acid groups (broad SMARTS) is 1. The molecule has 116 valence electrons. The Morgan fingerprint density at radius 2 is 2.05 bits per heavy atom. The molecule has 0 fully saturated rings. The van der Waals surface area contributed by atoms with Gasteiger partial charge in [-0.15, -0.1) is 0 Å². The van der Waals surface area contributed by atoms with Gasteiger partial charge in [0.05, 0.1) is 16.2 Å². The Labute approximate surface area is 121 Å². The van der Waals surface area contributed by atoms with Crippen LogP contribution >= 0.6 is 0 Å². The number of aromatic carboxylic acids is 1. The predicted molar refractivity (Wildman–Crippen MR) is 76.0 cm³/mol. The van der Waals surface area contributed by atoms with E-state index in [1.807, 2.05) is 0 Å². The molecule has 9 nitrogen and oxygen atoms in total. The highest BCUT2D eigenvalue weighted by Gasteiger charge is 2.22. The molecule has 1 rings (SSSR count). The van der Waals surface area contributed by atoms with Gasteiger partial charge < -0.3 is 10.4 Å². The summed E-state index contributed by atoms with van der Waals surface area (Å²) in [6.45, 7) is -0.147. The molecular weight excluding hydrogens is 302 g/mol. The Hall–Kier alpha value is -2.20. The molecule has 0 aromatic heterocycles. The van der Waals surface area contributed by atoms with Gasteiger partial charge in [-0.2, -0.15) is 0 Å². The lowest BCUT2D eigenvalue weighted by Crippen LogP contribution is -2.28. The van der Waals surface area contributed by atoms with E-state index in [0.29, 0.717) is 0 Å². The molecule has 0 aliphatic carbocycles. The topological polar surface area (TPSA) is 130 Å². The van der Waals surface area contributed by atoms with E-state index in [9.17, 15) is 23.3 Å². The molecule has 0 unspecified atom stereocenters. The second-order valence-corrected chi connectivity index (χ2v) is 6.59. The maximum atomic E-state index is 11.6. The van der Waals surface area contributed by atoms with Crippen LogP contribution in [0.15, 0.2) is 18.2 Å². The highest BCUT2D eigenvalue weighted by atomic mass is 32.2. The Kier molecular flexibility index (Phi) is 5.22. The van der Waals surface area contributed by atoms with Gasteiger partial charge in [0.2, 0.25) is 10.0 Å². The predicted octanol–water partition coefficient (Wildman–Crippen LogP) is 0.596. The smallest absolute Gasteiger partial charge is 0.338 e. The van der Waals surface area contributed by atoms with Crippen LogP contribution in [0.1, 0.15) is 10.4 Å². The van der Waals surface area contributed by atoms with Crippen LogP contribution in [-0.2, 0) is 10.0 Å². The highest BCUT2D eigenvalue weighted by Crippen LogP contribution is 2.28. The van der Waals surface area contributed by atoms with Crippen molar-refractivity contribution in [1.82, 2.24) is 4.31 Å². The number of rotatable bonds is 7. The van der Waals surface area contributed by atoms with E-state index in [1.165, 1.54) is 26.2 Å². The van der Waals surface area contributed by atoms with E-state index < -0.39 is 26.6 Å².